The predicted octanol–water partition coefficient (Wildman–Crippen LogP) is 3.24. The Balaban J connectivity index is 2.47. The van der Waals surface area contributed by atoms with Crippen LogP contribution in [0.4, 0.5) is 0 Å². The van der Waals surface area contributed by atoms with Gasteiger partial charge in [-0.3, -0.25) is 0 Å². The highest BCUT2D eigenvalue weighted by molar-refractivity contribution is 7.15. The van der Waals surface area contributed by atoms with Crippen LogP contribution in [0, 0.1) is 6.92 Å². The van der Waals surface area contributed by atoms with Crippen molar-refractivity contribution in [1.29, 1.82) is 0 Å². The molecule has 0 aromatic carbocycles. The third-order valence-corrected chi connectivity index (χ3v) is 3.66. The molecule has 0 aliphatic carbocycles. The molecular formula is C11H10ClNO3S. The predicted molar refractivity (Wildman–Crippen MR) is 65.4 cm³/mol. The maximum atomic E-state index is 11.5. The van der Waals surface area contributed by atoms with Crippen LogP contribution in [0.2, 0.25) is 0 Å². The average Bonchev–Trinajstić information content (AvgIpc) is 2.93. The third kappa shape index (κ3) is 2.35. The smallest absolute Gasteiger partial charge is 0.360 e. The van der Waals surface area contributed by atoms with Gasteiger partial charge in [-0.25, -0.2) is 9.78 Å². The van der Waals surface area contributed by atoms with E-state index in [0.717, 1.165) is 9.75 Å². The summed E-state index contributed by atoms with van der Waals surface area (Å²) >= 11 is 7.20. The van der Waals surface area contributed by atoms with Crippen LogP contribution in [0.1, 0.15) is 21.3 Å². The fourth-order valence-electron chi connectivity index (χ4n) is 1.40. The number of methoxy groups -OCH3 is 1. The van der Waals surface area contributed by atoms with Crippen molar-refractivity contribution in [3.8, 4) is 10.6 Å². The van der Waals surface area contributed by atoms with Crippen LogP contribution in [0.3, 0.4) is 0 Å². The van der Waals surface area contributed by atoms with Crippen LogP contribution in [0.5, 0.6) is 0 Å². The number of halogens is 1. The number of hydrogen-bond donors (Lipinski definition) is 0. The van der Waals surface area contributed by atoms with E-state index in [1.165, 1.54) is 18.4 Å². The van der Waals surface area contributed by atoms with E-state index >= 15 is 0 Å². The van der Waals surface area contributed by atoms with Crippen molar-refractivity contribution in [1.82, 2.24) is 4.98 Å². The molecule has 90 valence electrons. The van der Waals surface area contributed by atoms with Gasteiger partial charge in [0.25, 0.3) is 0 Å². The second-order valence-electron chi connectivity index (χ2n) is 3.30. The molecule has 2 rings (SSSR count). The second-order valence-corrected chi connectivity index (χ2v) is 4.74. The molecule has 0 saturated carbocycles. The Morgan fingerprint density at radius 3 is 2.94 bits per heavy atom. The zero-order valence-corrected chi connectivity index (χ0v) is 10.9. The van der Waals surface area contributed by atoms with Gasteiger partial charge in [-0.1, -0.05) is 0 Å². The molecule has 0 aliphatic heterocycles. The summed E-state index contributed by atoms with van der Waals surface area (Å²) in [5.41, 5.74) is 0.202. The average molecular weight is 272 g/mol. The number of esters is 1. The normalized spacial score (nSPS) is 10.5. The van der Waals surface area contributed by atoms with Crippen LogP contribution in [-0.4, -0.2) is 18.1 Å². The van der Waals surface area contributed by atoms with E-state index in [0.29, 0.717) is 17.5 Å². The van der Waals surface area contributed by atoms with Crippen LogP contribution in [-0.2, 0) is 10.6 Å². The Bertz CT molecular complexity index is 547. The molecule has 0 spiro atoms. The first-order valence-corrected chi connectivity index (χ1v) is 6.21. The van der Waals surface area contributed by atoms with Gasteiger partial charge in [0.15, 0.2) is 17.3 Å². The number of ether oxygens (including phenoxy) is 1. The number of carbonyl (C=O) groups is 1. The monoisotopic (exact) mass is 271 g/mol. The molecule has 0 N–H and O–H groups in total. The van der Waals surface area contributed by atoms with E-state index in [1.54, 1.807) is 6.92 Å². The first-order valence-electron chi connectivity index (χ1n) is 4.86. The summed E-state index contributed by atoms with van der Waals surface area (Å²) in [5, 5.41) is 0. The van der Waals surface area contributed by atoms with Gasteiger partial charge < -0.3 is 9.15 Å². The Morgan fingerprint density at radius 2 is 2.35 bits per heavy atom. The summed E-state index contributed by atoms with van der Waals surface area (Å²) in [7, 11) is 1.31. The van der Waals surface area contributed by atoms with Crippen molar-refractivity contribution < 1.29 is 13.9 Å². The summed E-state index contributed by atoms with van der Waals surface area (Å²) in [4.78, 5) is 17.4. The molecule has 0 atom stereocenters. The number of alkyl halides is 1. The molecule has 2 heterocycles. The molecule has 0 bridgehead atoms. The van der Waals surface area contributed by atoms with Crippen molar-refractivity contribution in [2.24, 2.45) is 0 Å². The summed E-state index contributed by atoms with van der Waals surface area (Å²) < 4.78 is 10.1. The lowest BCUT2D eigenvalue weighted by Gasteiger charge is -1.96. The SMILES string of the molecule is COC(=O)c1nc(C)oc1-c1ccc(CCl)s1. The number of aryl methyl sites for hydroxylation is 1. The fraction of sp³-hybridized carbons (Fsp3) is 0.273. The number of thiophene rings is 1. The van der Waals surface area contributed by atoms with Crippen molar-refractivity contribution in [2.45, 2.75) is 12.8 Å². The van der Waals surface area contributed by atoms with Crippen molar-refractivity contribution in [3.63, 3.8) is 0 Å². The number of rotatable bonds is 3. The fourth-order valence-corrected chi connectivity index (χ4v) is 2.49. The first kappa shape index (κ1) is 12.1. The summed E-state index contributed by atoms with van der Waals surface area (Å²) in [6.07, 6.45) is 0. The third-order valence-electron chi connectivity index (χ3n) is 2.13. The van der Waals surface area contributed by atoms with Gasteiger partial charge in [0.2, 0.25) is 0 Å². The number of carbonyl (C=O) groups excluding carboxylic acids is 1. The zero-order chi connectivity index (χ0) is 12.4. The highest BCUT2D eigenvalue weighted by Gasteiger charge is 2.21. The van der Waals surface area contributed by atoms with Crippen LogP contribution >= 0.6 is 22.9 Å². The molecule has 0 amide bonds. The lowest BCUT2D eigenvalue weighted by atomic mass is 10.3. The van der Waals surface area contributed by atoms with Gasteiger partial charge in [-0.05, 0) is 12.1 Å². The Hall–Kier alpha value is -1.33. The van der Waals surface area contributed by atoms with Crippen LogP contribution in [0.25, 0.3) is 10.6 Å². The quantitative estimate of drug-likeness (QED) is 0.635. The molecule has 0 aliphatic rings. The minimum absolute atomic E-state index is 0.202. The molecule has 0 saturated heterocycles. The van der Waals surface area contributed by atoms with Crippen molar-refractivity contribution >= 4 is 28.9 Å². The van der Waals surface area contributed by atoms with Gasteiger partial charge in [0, 0.05) is 11.8 Å². The van der Waals surface area contributed by atoms with Gasteiger partial charge in [0.1, 0.15) is 0 Å². The number of aromatic nitrogens is 1. The van der Waals surface area contributed by atoms with E-state index in [-0.39, 0.29) is 5.69 Å². The van der Waals surface area contributed by atoms with Gasteiger partial charge in [0.05, 0.1) is 17.9 Å². The summed E-state index contributed by atoms with van der Waals surface area (Å²) in [6.45, 7) is 1.69. The summed E-state index contributed by atoms with van der Waals surface area (Å²) in [6, 6.07) is 3.75. The standard InChI is InChI=1S/C11H10ClNO3S/c1-6-13-9(11(14)15-2)10(16-6)8-4-3-7(5-12)17-8/h3-4H,5H2,1-2H3. The van der Waals surface area contributed by atoms with E-state index < -0.39 is 5.97 Å². The zero-order valence-electron chi connectivity index (χ0n) is 9.32. The Kier molecular flexibility index (Phi) is 3.49. The summed E-state index contributed by atoms with van der Waals surface area (Å²) in [5.74, 6) is 0.806. The van der Waals surface area contributed by atoms with Crippen LogP contribution < -0.4 is 0 Å². The van der Waals surface area contributed by atoms with Gasteiger partial charge in [-0.15, -0.1) is 22.9 Å². The topological polar surface area (TPSA) is 52.3 Å². The minimum atomic E-state index is -0.502. The first-order chi connectivity index (χ1) is 8.15. The van der Waals surface area contributed by atoms with E-state index in [1.807, 2.05) is 12.1 Å². The second kappa shape index (κ2) is 4.89. The van der Waals surface area contributed by atoms with Crippen LogP contribution in [0.15, 0.2) is 16.5 Å². The molecule has 4 nitrogen and oxygen atoms in total. The number of nitrogens with zero attached hydrogens (tertiary/aromatic N) is 1. The highest BCUT2D eigenvalue weighted by atomic mass is 35.5. The Morgan fingerprint density at radius 1 is 1.59 bits per heavy atom. The molecule has 0 radical (unpaired) electrons. The van der Waals surface area contributed by atoms with Gasteiger partial charge in [-0.2, -0.15) is 0 Å². The molecule has 6 heteroatoms. The number of hydrogen-bond acceptors (Lipinski definition) is 5. The van der Waals surface area contributed by atoms with Crippen molar-refractivity contribution in [2.75, 3.05) is 7.11 Å². The number of oxazole rings is 1. The lowest BCUT2D eigenvalue weighted by molar-refractivity contribution is 0.0595. The maximum absolute atomic E-state index is 11.5. The molecule has 2 aromatic rings. The molecule has 17 heavy (non-hydrogen) atoms. The highest BCUT2D eigenvalue weighted by Crippen LogP contribution is 2.32. The maximum Gasteiger partial charge on any atom is 0.360 e. The molecule has 0 fully saturated rings. The molecule has 0 unspecified atom stereocenters. The molecular weight excluding hydrogens is 262 g/mol. The van der Waals surface area contributed by atoms with Crippen molar-refractivity contribution in [3.05, 3.63) is 28.6 Å². The van der Waals surface area contributed by atoms with Gasteiger partial charge >= 0.3 is 5.97 Å². The van der Waals surface area contributed by atoms with E-state index in [9.17, 15) is 4.79 Å². The largest absolute Gasteiger partial charge is 0.464 e. The molecule has 2 aromatic heterocycles. The minimum Gasteiger partial charge on any atom is -0.464 e. The lowest BCUT2D eigenvalue weighted by Crippen LogP contribution is -2.02. The van der Waals surface area contributed by atoms with E-state index in [4.69, 9.17) is 16.0 Å². The Labute approximate surface area is 107 Å². The van der Waals surface area contributed by atoms with E-state index in [2.05, 4.69) is 9.72 Å².